The number of carboxylic acids is 1. The zero-order valence-electron chi connectivity index (χ0n) is 19.4. The topological polar surface area (TPSA) is 129 Å². The van der Waals surface area contributed by atoms with Gasteiger partial charge in [0.05, 0.1) is 12.0 Å². The van der Waals surface area contributed by atoms with E-state index in [1.807, 2.05) is 26.8 Å². The second-order valence-corrected chi connectivity index (χ2v) is 10.8. The van der Waals surface area contributed by atoms with Crippen LogP contribution in [0.2, 0.25) is 0 Å². The highest BCUT2D eigenvalue weighted by molar-refractivity contribution is 7.15. The quantitative estimate of drug-likeness (QED) is 0.602. The molecule has 1 aliphatic rings. The number of pyridine rings is 1. The lowest BCUT2D eigenvalue weighted by molar-refractivity contribution is -0.146. The first-order chi connectivity index (χ1) is 15.3. The first-order valence-corrected chi connectivity index (χ1v) is 11.4. The number of ether oxygens (including phenoxy) is 1. The van der Waals surface area contributed by atoms with E-state index in [-0.39, 0.29) is 24.1 Å². The minimum Gasteiger partial charge on any atom is -0.505 e. The van der Waals surface area contributed by atoms with Gasteiger partial charge in [-0.25, -0.2) is 9.78 Å². The highest BCUT2D eigenvalue weighted by Crippen LogP contribution is 2.36. The number of aliphatic carboxylic acids is 1. The largest absolute Gasteiger partial charge is 0.505 e. The molecule has 0 radical (unpaired) electrons. The molecule has 1 aliphatic heterocycles. The maximum Gasteiger partial charge on any atom is 0.410 e. The molecule has 3 rings (SSSR count). The van der Waals surface area contributed by atoms with Crippen LogP contribution in [-0.4, -0.2) is 56.8 Å². The maximum atomic E-state index is 12.4. The van der Waals surface area contributed by atoms with Gasteiger partial charge >= 0.3 is 12.1 Å². The van der Waals surface area contributed by atoms with Crippen molar-refractivity contribution in [1.29, 1.82) is 0 Å². The number of rotatable bonds is 5. The predicted molar refractivity (Wildman–Crippen MR) is 123 cm³/mol. The summed E-state index contributed by atoms with van der Waals surface area (Å²) < 4.78 is 5.47. The fraction of sp³-hybridized carbons (Fsp3) is 0.478. The SMILES string of the molecule is CC(C)(C)OC(=O)N1CCc2sc(-c3cnc(C(=O)NCC(C)(C)C(=O)O)c(O)c3)cc2C1. The summed E-state index contributed by atoms with van der Waals surface area (Å²) in [4.78, 5) is 43.8. The molecule has 2 aromatic rings. The number of amides is 2. The molecule has 0 saturated heterocycles. The summed E-state index contributed by atoms with van der Waals surface area (Å²) in [6, 6.07) is 3.43. The number of carbonyl (C=O) groups is 3. The van der Waals surface area contributed by atoms with Crippen LogP contribution < -0.4 is 5.32 Å². The van der Waals surface area contributed by atoms with E-state index in [1.54, 1.807) is 16.2 Å². The van der Waals surface area contributed by atoms with E-state index in [1.165, 1.54) is 26.1 Å². The second kappa shape index (κ2) is 9.01. The van der Waals surface area contributed by atoms with Crippen LogP contribution >= 0.6 is 11.3 Å². The van der Waals surface area contributed by atoms with Crippen LogP contribution in [-0.2, 0) is 22.5 Å². The number of carboxylic acid groups (broad SMARTS) is 1. The summed E-state index contributed by atoms with van der Waals surface area (Å²) >= 11 is 1.56. The molecule has 33 heavy (non-hydrogen) atoms. The van der Waals surface area contributed by atoms with Gasteiger partial charge in [-0.2, -0.15) is 0 Å². The van der Waals surface area contributed by atoms with Crippen molar-refractivity contribution in [2.24, 2.45) is 5.41 Å². The molecule has 0 aliphatic carbocycles. The van der Waals surface area contributed by atoms with Gasteiger partial charge in [-0.3, -0.25) is 9.59 Å². The van der Waals surface area contributed by atoms with Gasteiger partial charge in [0.15, 0.2) is 5.69 Å². The van der Waals surface area contributed by atoms with Crippen molar-refractivity contribution >= 4 is 29.3 Å². The van der Waals surface area contributed by atoms with Crippen LogP contribution in [0.1, 0.15) is 55.5 Å². The Hall–Kier alpha value is -3.14. The predicted octanol–water partition coefficient (Wildman–Crippen LogP) is 3.65. The van der Waals surface area contributed by atoms with E-state index in [9.17, 15) is 19.5 Å². The van der Waals surface area contributed by atoms with Gasteiger partial charge < -0.3 is 25.2 Å². The Morgan fingerprint density at radius 2 is 1.91 bits per heavy atom. The van der Waals surface area contributed by atoms with E-state index >= 15 is 0 Å². The van der Waals surface area contributed by atoms with E-state index in [0.717, 1.165) is 15.3 Å². The number of aromatic hydroxyl groups is 1. The van der Waals surface area contributed by atoms with Gasteiger partial charge in [0, 0.05) is 34.6 Å². The second-order valence-electron chi connectivity index (χ2n) is 9.67. The zero-order chi connectivity index (χ0) is 24.6. The molecule has 0 fully saturated rings. The minimum absolute atomic E-state index is 0.101. The lowest BCUT2D eigenvalue weighted by atomic mass is 9.94. The van der Waals surface area contributed by atoms with E-state index in [2.05, 4.69) is 10.3 Å². The molecule has 9 nitrogen and oxygen atoms in total. The van der Waals surface area contributed by atoms with E-state index < -0.39 is 22.9 Å². The lowest BCUT2D eigenvalue weighted by Crippen LogP contribution is -2.39. The summed E-state index contributed by atoms with van der Waals surface area (Å²) in [5.74, 6) is -1.98. The molecule has 0 spiro atoms. The molecule has 3 N–H and O–H groups in total. The van der Waals surface area contributed by atoms with Gasteiger partial charge in [-0.15, -0.1) is 11.3 Å². The Labute approximate surface area is 196 Å². The highest BCUT2D eigenvalue weighted by atomic mass is 32.1. The Kier molecular flexibility index (Phi) is 6.69. The summed E-state index contributed by atoms with van der Waals surface area (Å²) in [6.07, 6.45) is 1.86. The molecule has 0 unspecified atom stereocenters. The Bertz CT molecular complexity index is 1090. The van der Waals surface area contributed by atoms with Crippen molar-refractivity contribution in [2.45, 2.75) is 53.2 Å². The fourth-order valence-corrected chi connectivity index (χ4v) is 4.33. The number of carbonyl (C=O) groups excluding carboxylic acids is 2. The number of fused-ring (bicyclic) bond motifs is 1. The third-order valence-electron chi connectivity index (χ3n) is 5.16. The zero-order valence-corrected chi connectivity index (χ0v) is 20.2. The summed E-state index contributed by atoms with van der Waals surface area (Å²) in [6.45, 7) is 9.40. The van der Waals surface area contributed by atoms with Crippen molar-refractivity contribution in [3.63, 3.8) is 0 Å². The van der Waals surface area contributed by atoms with E-state index in [0.29, 0.717) is 25.1 Å². The van der Waals surface area contributed by atoms with Crippen LogP contribution in [0.25, 0.3) is 10.4 Å². The van der Waals surface area contributed by atoms with Gasteiger partial charge in [0.1, 0.15) is 11.4 Å². The normalized spacial score (nSPS) is 13.9. The van der Waals surface area contributed by atoms with Crippen LogP contribution in [0.5, 0.6) is 5.75 Å². The number of hydrogen-bond acceptors (Lipinski definition) is 7. The monoisotopic (exact) mass is 475 g/mol. The van der Waals surface area contributed by atoms with Crippen LogP contribution in [0.15, 0.2) is 18.3 Å². The summed E-state index contributed by atoms with van der Waals surface area (Å²) in [7, 11) is 0. The Morgan fingerprint density at radius 3 is 2.52 bits per heavy atom. The van der Waals surface area contributed by atoms with Crippen LogP contribution in [0.3, 0.4) is 0 Å². The fourth-order valence-electron chi connectivity index (χ4n) is 3.18. The summed E-state index contributed by atoms with van der Waals surface area (Å²) in [5, 5.41) is 22.0. The van der Waals surface area contributed by atoms with Crippen molar-refractivity contribution in [3.8, 4) is 16.2 Å². The van der Waals surface area contributed by atoms with Crippen molar-refractivity contribution in [3.05, 3.63) is 34.5 Å². The smallest absolute Gasteiger partial charge is 0.410 e. The van der Waals surface area contributed by atoms with Gasteiger partial charge in [0.25, 0.3) is 5.91 Å². The van der Waals surface area contributed by atoms with Crippen molar-refractivity contribution in [2.75, 3.05) is 13.1 Å². The average molecular weight is 476 g/mol. The van der Waals surface area contributed by atoms with E-state index in [4.69, 9.17) is 9.84 Å². The molecular weight excluding hydrogens is 446 g/mol. The maximum absolute atomic E-state index is 12.4. The standard InChI is InChI=1S/C23H29N3O6S/c1-22(2,3)32-21(31)26-7-6-16-14(11-26)9-17(33-16)13-8-15(27)18(24-10-13)19(28)25-12-23(4,5)20(29)30/h8-10,27H,6-7,11-12H2,1-5H3,(H,25,28)(H,29,30). The number of nitrogens with zero attached hydrogens (tertiary/aromatic N) is 2. The molecular formula is C23H29N3O6S. The Balaban J connectivity index is 1.72. The minimum atomic E-state index is -1.14. The molecule has 10 heteroatoms. The number of thiophene rings is 1. The van der Waals surface area contributed by atoms with Crippen molar-refractivity contribution in [1.82, 2.24) is 15.2 Å². The molecule has 3 heterocycles. The number of hydrogen-bond donors (Lipinski definition) is 3. The van der Waals surface area contributed by atoms with Crippen LogP contribution in [0.4, 0.5) is 4.79 Å². The Morgan fingerprint density at radius 1 is 1.21 bits per heavy atom. The third kappa shape index (κ3) is 5.81. The molecule has 0 atom stereocenters. The van der Waals surface area contributed by atoms with Gasteiger partial charge in [-0.1, -0.05) is 0 Å². The molecule has 2 aromatic heterocycles. The first-order valence-electron chi connectivity index (χ1n) is 10.6. The molecule has 0 saturated carbocycles. The number of nitrogens with one attached hydrogen (secondary N) is 1. The van der Waals surface area contributed by atoms with Gasteiger partial charge in [-0.05, 0) is 58.7 Å². The average Bonchev–Trinajstić information content (AvgIpc) is 3.14. The number of aromatic nitrogens is 1. The van der Waals surface area contributed by atoms with Crippen molar-refractivity contribution < 1.29 is 29.3 Å². The third-order valence-corrected chi connectivity index (χ3v) is 6.44. The first kappa shape index (κ1) is 24.5. The lowest BCUT2D eigenvalue weighted by Gasteiger charge is -2.29. The molecule has 0 aromatic carbocycles. The highest BCUT2D eigenvalue weighted by Gasteiger charge is 2.29. The molecule has 0 bridgehead atoms. The molecule has 2 amide bonds. The van der Waals surface area contributed by atoms with Crippen LogP contribution in [0, 0.1) is 5.41 Å². The van der Waals surface area contributed by atoms with Gasteiger partial charge in [0.2, 0.25) is 0 Å². The summed E-state index contributed by atoms with van der Waals surface area (Å²) in [5.41, 5.74) is -0.202. The molecule has 178 valence electrons.